The standard InChI is InChI=1S/2C4H6O2.2C3H7O.Ti/c2*1-3(2)4(5)6;2*1-2-3-4;/h2*1H2,2H3,(H,5,6);2*2-3H2,1H3;/q;;2*-1;+4/p-2. The summed E-state index contributed by atoms with van der Waals surface area (Å²) in [5.41, 5.74) is 0.130. The second-order valence-corrected chi connectivity index (χ2v) is 3.54. The van der Waals surface area contributed by atoms with Gasteiger partial charge in [0, 0.05) is 0 Å². The second kappa shape index (κ2) is 27.4. The van der Waals surface area contributed by atoms with E-state index in [2.05, 4.69) is 13.2 Å². The number of aliphatic carboxylic acids is 2. The molecule has 6 nitrogen and oxygen atoms in total. The van der Waals surface area contributed by atoms with E-state index in [4.69, 9.17) is 0 Å². The molecular weight excluding hydrogens is 312 g/mol. The summed E-state index contributed by atoms with van der Waals surface area (Å²) in [6.07, 6.45) is 1.53. The Morgan fingerprint density at radius 3 is 0.905 bits per heavy atom. The van der Waals surface area contributed by atoms with E-state index in [0.29, 0.717) is 0 Å². The molecule has 0 aliphatic heterocycles. The first kappa shape index (κ1) is 32.1. The van der Waals surface area contributed by atoms with Gasteiger partial charge >= 0.3 is 21.7 Å². The van der Waals surface area contributed by atoms with Crippen molar-refractivity contribution in [3.8, 4) is 0 Å². The van der Waals surface area contributed by atoms with E-state index in [0.717, 1.165) is 12.8 Å². The van der Waals surface area contributed by atoms with Crippen molar-refractivity contribution < 1.29 is 51.7 Å². The van der Waals surface area contributed by atoms with Crippen molar-refractivity contribution in [3.05, 3.63) is 24.3 Å². The molecule has 0 aromatic rings. The Labute approximate surface area is 142 Å². The number of rotatable bonds is 4. The van der Waals surface area contributed by atoms with Crippen molar-refractivity contribution in [2.24, 2.45) is 0 Å². The third-order valence-electron chi connectivity index (χ3n) is 1.11. The Morgan fingerprint density at radius 2 is 0.905 bits per heavy atom. The van der Waals surface area contributed by atoms with Gasteiger partial charge in [-0.3, -0.25) is 0 Å². The van der Waals surface area contributed by atoms with E-state index in [-0.39, 0.29) is 46.1 Å². The van der Waals surface area contributed by atoms with Crippen LogP contribution in [0.25, 0.3) is 0 Å². The Hall–Kier alpha value is -0.946. The van der Waals surface area contributed by atoms with Crippen LogP contribution in [-0.2, 0) is 31.3 Å². The summed E-state index contributed by atoms with van der Waals surface area (Å²) in [5, 5.41) is 37.6. The van der Waals surface area contributed by atoms with Crippen LogP contribution in [0.15, 0.2) is 24.3 Å². The predicted octanol–water partition coefficient (Wildman–Crippen LogP) is -1.86. The number of hydrogen-bond donors (Lipinski definition) is 0. The predicted molar refractivity (Wildman–Crippen MR) is 70.0 cm³/mol. The first-order chi connectivity index (χ1) is 9.11. The van der Waals surface area contributed by atoms with Gasteiger partial charge in [0.2, 0.25) is 0 Å². The molecule has 0 saturated heterocycles. The van der Waals surface area contributed by atoms with Gasteiger partial charge in [0.15, 0.2) is 0 Å². The molecule has 0 bridgehead atoms. The Balaban J connectivity index is -0.0000000544. The van der Waals surface area contributed by atoms with Crippen LogP contribution in [0, 0.1) is 0 Å². The molecular formula is C14H24O6Ti. The van der Waals surface area contributed by atoms with Crippen molar-refractivity contribution in [1.29, 1.82) is 0 Å². The molecule has 0 aromatic heterocycles. The van der Waals surface area contributed by atoms with E-state index < -0.39 is 11.9 Å². The summed E-state index contributed by atoms with van der Waals surface area (Å²) in [7, 11) is 0. The smallest absolute Gasteiger partial charge is 0.854 e. The maximum absolute atomic E-state index is 9.49. The number of carbonyl (C=O) groups excluding carboxylic acids is 2. The first-order valence-electron chi connectivity index (χ1n) is 6.02. The summed E-state index contributed by atoms with van der Waals surface area (Å²) in [4.78, 5) is 19.0. The zero-order chi connectivity index (χ0) is 17.1. The molecule has 0 aromatic carbocycles. The zero-order valence-electron chi connectivity index (χ0n) is 13.2. The maximum atomic E-state index is 9.49. The molecule has 0 aliphatic carbocycles. The molecule has 0 unspecified atom stereocenters. The third-order valence-corrected chi connectivity index (χ3v) is 1.11. The summed E-state index contributed by atoms with van der Waals surface area (Å²) in [5.74, 6) is -2.37. The van der Waals surface area contributed by atoms with E-state index in [1.807, 2.05) is 13.8 Å². The molecule has 0 fully saturated rings. The summed E-state index contributed by atoms with van der Waals surface area (Å²) in [6.45, 7) is 12.8. The van der Waals surface area contributed by atoms with Crippen LogP contribution in [0.1, 0.15) is 40.5 Å². The van der Waals surface area contributed by atoms with Crippen molar-refractivity contribution >= 4 is 11.9 Å². The normalized spacial score (nSPS) is 7.14. The zero-order valence-corrected chi connectivity index (χ0v) is 14.8. The van der Waals surface area contributed by atoms with E-state index in [1.54, 1.807) is 0 Å². The van der Waals surface area contributed by atoms with Gasteiger partial charge in [0.1, 0.15) is 0 Å². The van der Waals surface area contributed by atoms with Gasteiger partial charge in [0.25, 0.3) is 0 Å². The Bertz CT molecular complexity index is 221. The van der Waals surface area contributed by atoms with Crippen LogP contribution in [0.3, 0.4) is 0 Å². The Kier molecular flexibility index (Phi) is 41.9. The molecule has 0 rings (SSSR count). The number of hydrogen-bond acceptors (Lipinski definition) is 6. The molecule has 0 saturated carbocycles. The van der Waals surface area contributed by atoms with Gasteiger partial charge in [-0.2, -0.15) is 0 Å². The van der Waals surface area contributed by atoms with Gasteiger partial charge < -0.3 is 30.0 Å². The molecule has 0 aliphatic rings. The third kappa shape index (κ3) is 67.6. The van der Waals surface area contributed by atoms with Gasteiger partial charge in [-0.05, 0) is 25.0 Å². The second-order valence-electron chi connectivity index (χ2n) is 3.54. The SMILES string of the molecule is C=C(C)C(=O)[O-].C=C(C)C(=O)[O-].CCC[O-].CCC[O-].[Ti+4]. The summed E-state index contributed by atoms with van der Waals surface area (Å²) < 4.78 is 0. The number of carboxylic acids is 2. The molecule has 0 amide bonds. The van der Waals surface area contributed by atoms with Gasteiger partial charge in [-0.1, -0.05) is 39.8 Å². The fourth-order valence-corrected chi connectivity index (χ4v) is 0. The van der Waals surface area contributed by atoms with Crippen molar-refractivity contribution in [3.63, 3.8) is 0 Å². The van der Waals surface area contributed by atoms with Gasteiger partial charge in [-0.15, -0.1) is 13.2 Å². The van der Waals surface area contributed by atoms with Crippen LogP contribution in [0.2, 0.25) is 0 Å². The molecule has 7 heteroatoms. The Morgan fingerprint density at radius 1 is 0.810 bits per heavy atom. The van der Waals surface area contributed by atoms with E-state index in [9.17, 15) is 30.0 Å². The molecule has 21 heavy (non-hydrogen) atoms. The van der Waals surface area contributed by atoms with Gasteiger partial charge in [0.05, 0.1) is 11.9 Å². The maximum Gasteiger partial charge on any atom is 4.00 e. The average Bonchev–Trinajstić information content (AvgIpc) is 2.39. The molecule has 0 heterocycles. The number of carbonyl (C=O) groups is 2. The molecule has 0 atom stereocenters. The van der Waals surface area contributed by atoms with Crippen molar-refractivity contribution in [2.45, 2.75) is 40.5 Å². The summed E-state index contributed by atoms with van der Waals surface area (Å²) in [6, 6.07) is 0. The van der Waals surface area contributed by atoms with Crippen molar-refractivity contribution in [1.82, 2.24) is 0 Å². The minimum atomic E-state index is -1.19. The van der Waals surface area contributed by atoms with Crippen LogP contribution in [0.5, 0.6) is 0 Å². The fraction of sp³-hybridized carbons (Fsp3) is 0.571. The first-order valence-corrected chi connectivity index (χ1v) is 6.02. The molecule has 120 valence electrons. The fourth-order valence-electron chi connectivity index (χ4n) is 0. The minimum absolute atomic E-state index is 0. The molecule has 0 N–H and O–H groups in total. The van der Waals surface area contributed by atoms with Crippen molar-refractivity contribution in [2.75, 3.05) is 13.2 Å². The topological polar surface area (TPSA) is 126 Å². The number of carboxylic acid groups (broad SMARTS) is 2. The van der Waals surface area contributed by atoms with Crippen LogP contribution >= 0.6 is 0 Å². The van der Waals surface area contributed by atoms with Crippen LogP contribution < -0.4 is 20.4 Å². The van der Waals surface area contributed by atoms with E-state index >= 15 is 0 Å². The van der Waals surface area contributed by atoms with Gasteiger partial charge in [-0.25, -0.2) is 0 Å². The summed E-state index contributed by atoms with van der Waals surface area (Å²) >= 11 is 0. The monoisotopic (exact) mass is 336 g/mol. The van der Waals surface area contributed by atoms with Crippen LogP contribution in [-0.4, -0.2) is 25.2 Å². The minimum Gasteiger partial charge on any atom is -0.854 e. The quantitative estimate of drug-likeness (QED) is 0.437. The largest absolute Gasteiger partial charge is 4.00 e. The van der Waals surface area contributed by atoms with E-state index in [1.165, 1.54) is 13.8 Å². The average molecular weight is 336 g/mol. The molecule has 0 spiro atoms. The molecule has 0 radical (unpaired) electrons. The van der Waals surface area contributed by atoms with Crippen LogP contribution in [0.4, 0.5) is 0 Å².